The van der Waals surface area contributed by atoms with Crippen LogP contribution in [0.1, 0.15) is 49.4 Å². The van der Waals surface area contributed by atoms with Crippen molar-refractivity contribution in [1.29, 1.82) is 0 Å². The minimum absolute atomic E-state index is 0.276. The molecule has 0 aliphatic heterocycles. The van der Waals surface area contributed by atoms with Gasteiger partial charge in [-0.1, -0.05) is 48.5 Å². The Morgan fingerprint density at radius 2 is 2.00 bits per heavy atom. The molecule has 1 rings (SSSR count). The van der Waals surface area contributed by atoms with E-state index in [1.54, 1.807) is 12.1 Å². The Labute approximate surface area is 146 Å². The summed E-state index contributed by atoms with van der Waals surface area (Å²) in [4.78, 5) is 12.2. The zero-order valence-corrected chi connectivity index (χ0v) is 15.5. The van der Waals surface area contributed by atoms with Gasteiger partial charge in [-0.15, -0.1) is 0 Å². The molecule has 0 saturated heterocycles. The Morgan fingerprint density at radius 1 is 1.27 bits per heavy atom. The Bertz CT molecular complexity index is 509. The summed E-state index contributed by atoms with van der Waals surface area (Å²) in [6.45, 7) is 2.97. The van der Waals surface area contributed by atoms with E-state index in [2.05, 4.69) is 33.5 Å². The number of carbonyl (C=O) groups is 1. The van der Waals surface area contributed by atoms with Crippen molar-refractivity contribution >= 4 is 39.2 Å². The summed E-state index contributed by atoms with van der Waals surface area (Å²) in [6, 6.07) is 5.27. The molecular formula is C16H23BrN2O2S. The maximum atomic E-state index is 12.2. The highest BCUT2D eigenvalue weighted by Gasteiger charge is 2.13. The van der Waals surface area contributed by atoms with Gasteiger partial charge in [0.1, 0.15) is 5.75 Å². The van der Waals surface area contributed by atoms with Crippen LogP contribution < -0.4 is 15.4 Å². The van der Waals surface area contributed by atoms with Crippen molar-refractivity contribution in [1.82, 2.24) is 10.6 Å². The van der Waals surface area contributed by atoms with Crippen LogP contribution in [0.4, 0.5) is 0 Å². The number of halogens is 1. The van der Waals surface area contributed by atoms with Crippen molar-refractivity contribution in [3.8, 4) is 5.75 Å². The zero-order chi connectivity index (χ0) is 16.4. The molecule has 0 atom stereocenters. The van der Waals surface area contributed by atoms with Crippen LogP contribution in [0.15, 0.2) is 22.7 Å². The zero-order valence-electron chi connectivity index (χ0n) is 13.1. The quantitative estimate of drug-likeness (QED) is 0.522. The van der Waals surface area contributed by atoms with Gasteiger partial charge in [-0.3, -0.25) is 10.1 Å². The second-order valence-electron chi connectivity index (χ2n) is 4.97. The van der Waals surface area contributed by atoms with Gasteiger partial charge in [0.25, 0.3) is 5.91 Å². The van der Waals surface area contributed by atoms with Gasteiger partial charge in [-0.2, -0.15) is 0 Å². The summed E-state index contributed by atoms with van der Waals surface area (Å²) in [5.74, 6) is 0.240. The first kappa shape index (κ1) is 18.9. The van der Waals surface area contributed by atoms with E-state index in [0.29, 0.717) is 16.4 Å². The summed E-state index contributed by atoms with van der Waals surface area (Å²) < 4.78 is 6.01. The molecule has 0 aliphatic rings. The lowest BCUT2D eigenvalue weighted by atomic mass is 10.1. The molecule has 0 aromatic heterocycles. The van der Waals surface area contributed by atoms with Crippen LogP contribution >= 0.6 is 28.1 Å². The van der Waals surface area contributed by atoms with E-state index in [1.807, 2.05) is 6.07 Å². The van der Waals surface area contributed by atoms with Crippen LogP contribution in [0.25, 0.3) is 0 Å². The maximum absolute atomic E-state index is 12.2. The van der Waals surface area contributed by atoms with Gasteiger partial charge in [0.15, 0.2) is 5.11 Å². The average Bonchev–Trinajstić information content (AvgIpc) is 2.50. The summed E-state index contributed by atoms with van der Waals surface area (Å²) >= 11 is 8.50. The first-order chi connectivity index (χ1) is 10.6. The van der Waals surface area contributed by atoms with E-state index in [-0.39, 0.29) is 5.91 Å². The Morgan fingerprint density at radius 3 is 2.68 bits per heavy atom. The van der Waals surface area contributed by atoms with Gasteiger partial charge < -0.3 is 10.1 Å². The number of thiocarbonyl (C=S) groups is 1. The maximum Gasteiger partial charge on any atom is 0.261 e. The molecule has 0 fully saturated rings. The number of nitrogens with one attached hydrogen (secondary N) is 2. The van der Waals surface area contributed by atoms with E-state index in [0.717, 1.165) is 17.4 Å². The second-order valence-corrected chi connectivity index (χ2v) is 6.29. The SMILES string of the molecule is CCCCCCCNC(=S)NC(=O)c1cc(Br)ccc1OC. The summed E-state index contributed by atoms with van der Waals surface area (Å²) in [5, 5.41) is 6.09. The van der Waals surface area contributed by atoms with Gasteiger partial charge in [-0.05, 0) is 36.8 Å². The highest BCUT2D eigenvalue weighted by atomic mass is 79.9. The molecule has 0 aliphatic carbocycles. The van der Waals surface area contributed by atoms with E-state index < -0.39 is 0 Å². The number of rotatable bonds is 8. The molecule has 122 valence electrons. The average molecular weight is 387 g/mol. The number of benzene rings is 1. The van der Waals surface area contributed by atoms with Gasteiger partial charge >= 0.3 is 0 Å². The molecule has 2 N–H and O–H groups in total. The highest BCUT2D eigenvalue weighted by Crippen LogP contribution is 2.22. The lowest BCUT2D eigenvalue weighted by Crippen LogP contribution is -2.39. The molecule has 1 amide bonds. The molecule has 6 heteroatoms. The monoisotopic (exact) mass is 386 g/mol. The number of carbonyl (C=O) groups excluding carboxylic acids is 1. The molecule has 4 nitrogen and oxygen atoms in total. The molecule has 0 heterocycles. The van der Waals surface area contributed by atoms with Crippen molar-refractivity contribution < 1.29 is 9.53 Å². The summed E-state index contributed by atoms with van der Waals surface area (Å²) in [7, 11) is 1.53. The van der Waals surface area contributed by atoms with Crippen molar-refractivity contribution in [2.45, 2.75) is 39.0 Å². The normalized spacial score (nSPS) is 10.1. The molecular weight excluding hydrogens is 364 g/mol. The van der Waals surface area contributed by atoms with Crippen molar-refractivity contribution in [3.63, 3.8) is 0 Å². The van der Waals surface area contributed by atoms with Crippen LogP contribution in [-0.4, -0.2) is 24.7 Å². The third-order valence-electron chi connectivity index (χ3n) is 3.20. The molecule has 0 bridgehead atoms. The van der Waals surface area contributed by atoms with Gasteiger partial charge in [0, 0.05) is 11.0 Å². The smallest absolute Gasteiger partial charge is 0.261 e. The summed E-state index contributed by atoms with van der Waals surface area (Å²) in [6.07, 6.45) is 5.97. The third-order valence-corrected chi connectivity index (χ3v) is 3.94. The van der Waals surface area contributed by atoms with E-state index in [4.69, 9.17) is 17.0 Å². The third kappa shape index (κ3) is 6.75. The molecule has 1 aromatic carbocycles. The molecule has 0 unspecified atom stereocenters. The largest absolute Gasteiger partial charge is 0.496 e. The van der Waals surface area contributed by atoms with E-state index >= 15 is 0 Å². The minimum Gasteiger partial charge on any atom is -0.496 e. The Balaban J connectivity index is 2.41. The minimum atomic E-state index is -0.276. The number of ether oxygens (including phenoxy) is 1. The van der Waals surface area contributed by atoms with Crippen LogP contribution in [0.3, 0.4) is 0 Å². The Hall–Kier alpha value is -1.14. The van der Waals surface area contributed by atoms with Crippen LogP contribution in [0.5, 0.6) is 5.75 Å². The predicted molar refractivity (Wildman–Crippen MR) is 97.5 cm³/mol. The van der Waals surface area contributed by atoms with Crippen LogP contribution in [0.2, 0.25) is 0 Å². The highest BCUT2D eigenvalue weighted by molar-refractivity contribution is 9.10. The van der Waals surface area contributed by atoms with Crippen molar-refractivity contribution in [2.75, 3.05) is 13.7 Å². The number of amides is 1. The predicted octanol–water partition coefficient (Wildman–Crippen LogP) is 4.03. The topological polar surface area (TPSA) is 50.4 Å². The first-order valence-corrected chi connectivity index (χ1v) is 8.71. The van der Waals surface area contributed by atoms with Gasteiger partial charge in [0.05, 0.1) is 12.7 Å². The van der Waals surface area contributed by atoms with Crippen molar-refractivity contribution in [2.24, 2.45) is 0 Å². The first-order valence-electron chi connectivity index (χ1n) is 7.51. The fourth-order valence-corrected chi connectivity index (χ4v) is 2.56. The number of hydrogen-bond donors (Lipinski definition) is 2. The fraction of sp³-hybridized carbons (Fsp3) is 0.500. The second kappa shape index (κ2) is 10.6. The van der Waals surface area contributed by atoms with E-state index in [1.165, 1.54) is 32.8 Å². The van der Waals surface area contributed by atoms with Gasteiger partial charge in [0.2, 0.25) is 0 Å². The van der Waals surface area contributed by atoms with Crippen molar-refractivity contribution in [3.05, 3.63) is 28.2 Å². The van der Waals surface area contributed by atoms with E-state index in [9.17, 15) is 4.79 Å². The lowest BCUT2D eigenvalue weighted by molar-refractivity contribution is 0.0973. The lowest BCUT2D eigenvalue weighted by Gasteiger charge is -2.12. The van der Waals surface area contributed by atoms with Gasteiger partial charge in [-0.25, -0.2) is 0 Å². The number of methoxy groups -OCH3 is 1. The molecule has 22 heavy (non-hydrogen) atoms. The molecule has 0 radical (unpaired) electrons. The Kier molecular flexibility index (Phi) is 9.08. The summed E-state index contributed by atoms with van der Waals surface area (Å²) in [5.41, 5.74) is 0.448. The fourth-order valence-electron chi connectivity index (χ4n) is 2.00. The standard InChI is InChI=1S/C16H23BrN2O2S/c1-3-4-5-6-7-10-18-16(22)19-15(20)13-11-12(17)8-9-14(13)21-2/h8-9,11H,3-7,10H2,1-2H3,(H2,18,19,20,22). The number of hydrogen-bond acceptors (Lipinski definition) is 3. The molecule has 0 spiro atoms. The van der Waals surface area contributed by atoms with Crippen LogP contribution in [-0.2, 0) is 0 Å². The number of unbranched alkanes of at least 4 members (excludes halogenated alkanes) is 4. The molecule has 0 saturated carbocycles. The van der Waals surface area contributed by atoms with Crippen LogP contribution in [0, 0.1) is 0 Å². The molecule has 1 aromatic rings.